The van der Waals surface area contributed by atoms with Crippen LogP contribution in [-0.2, 0) is 0 Å². The van der Waals surface area contributed by atoms with Gasteiger partial charge in [-0.3, -0.25) is 0 Å². The number of hydrogen-bond acceptors (Lipinski definition) is 3. The Balaban J connectivity index is 1.92. The summed E-state index contributed by atoms with van der Waals surface area (Å²) in [5.41, 5.74) is 0.134. The second-order valence-corrected chi connectivity index (χ2v) is 6.79. The SMILES string of the molecule is CC1CCCC(CO)(CN2CCCC(CO)C2)C1. The normalized spacial score (nSPS) is 38.8. The summed E-state index contributed by atoms with van der Waals surface area (Å²) in [6.45, 7) is 6.16. The van der Waals surface area contributed by atoms with Crippen LogP contribution in [0.5, 0.6) is 0 Å². The molecular formula is C15H29NO2. The molecule has 0 aromatic rings. The van der Waals surface area contributed by atoms with Crippen LogP contribution in [0, 0.1) is 17.3 Å². The van der Waals surface area contributed by atoms with Gasteiger partial charge in [-0.05, 0) is 44.1 Å². The molecule has 0 spiro atoms. The van der Waals surface area contributed by atoms with E-state index in [4.69, 9.17) is 0 Å². The minimum atomic E-state index is 0.134. The van der Waals surface area contributed by atoms with Crippen molar-refractivity contribution in [1.82, 2.24) is 4.90 Å². The smallest absolute Gasteiger partial charge is 0.0499 e. The zero-order valence-electron chi connectivity index (χ0n) is 11.8. The Bertz CT molecular complexity index is 259. The molecular weight excluding hydrogens is 226 g/mol. The monoisotopic (exact) mass is 255 g/mol. The van der Waals surface area contributed by atoms with Gasteiger partial charge in [0.1, 0.15) is 0 Å². The van der Waals surface area contributed by atoms with Gasteiger partial charge in [0.2, 0.25) is 0 Å². The van der Waals surface area contributed by atoms with Crippen LogP contribution in [0.4, 0.5) is 0 Å². The van der Waals surface area contributed by atoms with Crippen LogP contribution in [0.15, 0.2) is 0 Å². The Morgan fingerprint density at radius 3 is 2.72 bits per heavy atom. The standard InChI is InChI=1S/C15H29NO2/c1-13-4-2-6-15(8-13,12-18)11-16-7-3-5-14(9-16)10-17/h13-14,17-18H,2-12H2,1H3. The van der Waals surface area contributed by atoms with Crippen LogP contribution in [0.25, 0.3) is 0 Å². The van der Waals surface area contributed by atoms with Crippen molar-refractivity contribution in [2.45, 2.75) is 45.4 Å². The number of rotatable bonds is 4. The van der Waals surface area contributed by atoms with Crippen molar-refractivity contribution in [3.05, 3.63) is 0 Å². The molecule has 0 bridgehead atoms. The highest BCUT2D eigenvalue weighted by atomic mass is 16.3. The van der Waals surface area contributed by atoms with Gasteiger partial charge in [0, 0.05) is 31.7 Å². The summed E-state index contributed by atoms with van der Waals surface area (Å²) in [5.74, 6) is 1.21. The van der Waals surface area contributed by atoms with E-state index >= 15 is 0 Å². The van der Waals surface area contributed by atoms with Gasteiger partial charge in [0.15, 0.2) is 0 Å². The fraction of sp³-hybridized carbons (Fsp3) is 1.00. The summed E-state index contributed by atoms with van der Waals surface area (Å²) in [5, 5.41) is 19.1. The highest BCUT2D eigenvalue weighted by Gasteiger charge is 2.36. The molecule has 2 fully saturated rings. The molecule has 18 heavy (non-hydrogen) atoms. The molecule has 3 unspecified atom stereocenters. The molecule has 0 aromatic heterocycles. The van der Waals surface area contributed by atoms with Gasteiger partial charge in [-0.1, -0.05) is 19.8 Å². The minimum Gasteiger partial charge on any atom is -0.396 e. The van der Waals surface area contributed by atoms with E-state index in [1.807, 2.05) is 0 Å². The van der Waals surface area contributed by atoms with Crippen molar-refractivity contribution in [2.75, 3.05) is 32.8 Å². The number of likely N-dealkylation sites (tertiary alicyclic amines) is 1. The summed E-state index contributed by atoms with van der Waals surface area (Å²) < 4.78 is 0. The molecule has 3 nitrogen and oxygen atoms in total. The third-order valence-electron chi connectivity index (χ3n) is 4.94. The summed E-state index contributed by atoms with van der Waals surface area (Å²) in [4.78, 5) is 2.48. The van der Waals surface area contributed by atoms with E-state index in [9.17, 15) is 10.2 Å². The summed E-state index contributed by atoms with van der Waals surface area (Å²) in [6, 6.07) is 0. The first-order chi connectivity index (χ1) is 8.67. The van der Waals surface area contributed by atoms with E-state index in [2.05, 4.69) is 11.8 Å². The predicted molar refractivity (Wildman–Crippen MR) is 73.4 cm³/mol. The first-order valence-corrected chi connectivity index (χ1v) is 7.61. The van der Waals surface area contributed by atoms with Crippen molar-refractivity contribution in [1.29, 1.82) is 0 Å². The second-order valence-electron chi connectivity index (χ2n) is 6.79. The fourth-order valence-electron chi connectivity index (χ4n) is 4.02. The third kappa shape index (κ3) is 3.46. The Kier molecular flexibility index (Phi) is 5.05. The lowest BCUT2D eigenvalue weighted by Crippen LogP contribution is -2.47. The van der Waals surface area contributed by atoms with Crippen LogP contribution >= 0.6 is 0 Å². The van der Waals surface area contributed by atoms with Crippen molar-refractivity contribution >= 4 is 0 Å². The highest BCUT2D eigenvalue weighted by molar-refractivity contribution is 4.89. The van der Waals surface area contributed by atoms with E-state index in [1.54, 1.807) is 0 Å². The number of aliphatic hydroxyl groups is 2. The zero-order chi connectivity index (χ0) is 13.0. The predicted octanol–water partition coefficient (Wildman–Crippen LogP) is 1.88. The maximum atomic E-state index is 9.84. The molecule has 0 amide bonds. The summed E-state index contributed by atoms with van der Waals surface area (Å²) in [7, 11) is 0. The van der Waals surface area contributed by atoms with E-state index in [-0.39, 0.29) is 5.41 Å². The fourth-order valence-corrected chi connectivity index (χ4v) is 4.02. The van der Waals surface area contributed by atoms with Gasteiger partial charge in [0.25, 0.3) is 0 Å². The lowest BCUT2D eigenvalue weighted by Gasteiger charge is -2.44. The van der Waals surface area contributed by atoms with Crippen LogP contribution in [0.3, 0.4) is 0 Å². The average molecular weight is 255 g/mol. The molecule has 2 aliphatic rings. The molecule has 1 heterocycles. The molecule has 2 rings (SSSR count). The van der Waals surface area contributed by atoms with Crippen LogP contribution in [0.1, 0.15) is 45.4 Å². The lowest BCUT2D eigenvalue weighted by atomic mass is 9.70. The summed E-state index contributed by atoms with van der Waals surface area (Å²) >= 11 is 0. The largest absolute Gasteiger partial charge is 0.396 e. The number of hydrogen-bond donors (Lipinski definition) is 2. The number of nitrogens with zero attached hydrogens (tertiary/aromatic N) is 1. The molecule has 3 heteroatoms. The van der Waals surface area contributed by atoms with Crippen molar-refractivity contribution < 1.29 is 10.2 Å². The molecule has 0 aromatic carbocycles. The Morgan fingerprint density at radius 1 is 1.22 bits per heavy atom. The Labute approximate surface area is 111 Å². The highest BCUT2D eigenvalue weighted by Crippen LogP contribution is 2.40. The van der Waals surface area contributed by atoms with Crippen molar-refractivity contribution in [2.24, 2.45) is 17.3 Å². The molecule has 3 atom stereocenters. The molecule has 1 aliphatic heterocycles. The van der Waals surface area contributed by atoms with Gasteiger partial charge >= 0.3 is 0 Å². The number of piperidine rings is 1. The molecule has 1 aliphatic carbocycles. The molecule has 1 saturated heterocycles. The van der Waals surface area contributed by atoms with Gasteiger partial charge in [-0.15, -0.1) is 0 Å². The van der Waals surface area contributed by atoms with Crippen LogP contribution in [-0.4, -0.2) is 48.0 Å². The minimum absolute atomic E-state index is 0.134. The molecule has 0 radical (unpaired) electrons. The first-order valence-electron chi connectivity index (χ1n) is 7.61. The van der Waals surface area contributed by atoms with Gasteiger partial charge in [-0.2, -0.15) is 0 Å². The first kappa shape index (κ1) is 14.3. The zero-order valence-corrected chi connectivity index (χ0v) is 11.8. The van der Waals surface area contributed by atoms with Gasteiger partial charge in [-0.25, -0.2) is 0 Å². The maximum absolute atomic E-state index is 9.84. The Morgan fingerprint density at radius 2 is 2.06 bits per heavy atom. The second kappa shape index (κ2) is 6.36. The molecule has 1 saturated carbocycles. The van der Waals surface area contributed by atoms with E-state index in [1.165, 1.54) is 32.1 Å². The van der Waals surface area contributed by atoms with E-state index in [0.717, 1.165) is 32.0 Å². The third-order valence-corrected chi connectivity index (χ3v) is 4.94. The van der Waals surface area contributed by atoms with Gasteiger partial charge in [0.05, 0.1) is 0 Å². The summed E-state index contributed by atoms with van der Waals surface area (Å²) in [6.07, 6.45) is 7.29. The molecule has 106 valence electrons. The maximum Gasteiger partial charge on any atom is 0.0499 e. The molecule has 2 N–H and O–H groups in total. The van der Waals surface area contributed by atoms with E-state index in [0.29, 0.717) is 19.1 Å². The van der Waals surface area contributed by atoms with Crippen molar-refractivity contribution in [3.63, 3.8) is 0 Å². The number of aliphatic hydroxyl groups excluding tert-OH is 2. The van der Waals surface area contributed by atoms with Crippen LogP contribution in [0.2, 0.25) is 0 Å². The average Bonchev–Trinajstić information content (AvgIpc) is 2.39. The van der Waals surface area contributed by atoms with Gasteiger partial charge < -0.3 is 15.1 Å². The van der Waals surface area contributed by atoms with E-state index < -0.39 is 0 Å². The quantitative estimate of drug-likeness (QED) is 0.806. The lowest BCUT2D eigenvalue weighted by molar-refractivity contribution is 0.00654. The topological polar surface area (TPSA) is 43.7 Å². The Hall–Kier alpha value is -0.120. The van der Waals surface area contributed by atoms with Crippen LogP contribution < -0.4 is 0 Å². The van der Waals surface area contributed by atoms with Crippen molar-refractivity contribution in [3.8, 4) is 0 Å².